The Morgan fingerprint density at radius 2 is 1.77 bits per heavy atom. The highest BCUT2D eigenvalue weighted by molar-refractivity contribution is 9.10. The van der Waals surface area contributed by atoms with Crippen LogP contribution in [0.3, 0.4) is 0 Å². The third kappa shape index (κ3) is 3.66. The molecule has 0 spiro atoms. The van der Waals surface area contributed by atoms with Crippen molar-refractivity contribution in [1.29, 1.82) is 0 Å². The number of benzene rings is 1. The minimum absolute atomic E-state index is 0.170. The average molecular weight is 369 g/mol. The van der Waals surface area contributed by atoms with E-state index in [0.717, 1.165) is 23.2 Å². The number of amides is 2. The lowest BCUT2D eigenvalue weighted by Gasteiger charge is -2.27. The Morgan fingerprint density at radius 3 is 2.45 bits per heavy atom. The van der Waals surface area contributed by atoms with Crippen molar-refractivity contribution in [1.82, 2.24) is 5.32 Å². The van der Waals surface area contributed by atoms with Crippen LogP contribution in [0, 0.1) is 5.92 Å². The SMILES string of the molecule is CC1CCC(NC(=O)Nc2cc3c(cc2Br)OCCO3)CC1. The van der Waals surface area contributed by atoms with Crippen LogP contribution in [0.4, 0.5) is 10.5 Å². The fourth-order valence-corrected chi connectivity index (χ4v) is 3.33. The number of hydrogen-bond acceptors (Lipinski definition) is 3. The summed E-state index contributed by atoms with van der Waals surface area (Å²) in [6.07, 6.45) is 4.46. The Bertz CT molecular complexity index is 557. The lowest BCUT2D eigenvalue weighted by molar-refractivity contribution is 0.171. The fraction of sp³-hybridized carbons (Fsp3) is 0.562. The largest absolute Gasteiger partial charge is 0.486 e. The molecule has 1 heterocycles. The van der Waals surface area contributed by atoms with E-state index in [2.05, 4.69) is 33.5 Å². The first kappa shape index (κ1) is 15.5. The summed E-state index contributed by atoms with van der Waals surface area (Å²) in [5.41, 5.74) is 0.686. The van der Waals surface area contributed by atoms with E-state index in [0.29, 0.717) is 30.4 Å². The Balaban J connectivity index is 1.61. The number of fused-ring (bicyclic) bond motifs is 1. The molecule has 0 aromatic heterocycles. The van der Waals surface area contributed by atoms with Crippen LogP contribution in [-0.2, 0) is 0 Å². The molecule has 2 amide bonds. The maximum Gasteiger partial charge on any atom is 0.319 e. The minimum atomic E-state index is -0.170. The van der Waals surface area contributed by atoms with Crippen LogP contribution in [0.15, 0.2) is 16.6 Å². The number of nitrogens with one attached hydrogen (secondary N) is 2. The second-order valence-corrected chi connectivity index (χ2v) is 6.89. The number of halogens is 1. The molecule has 1 aromatic rings. The molecule has 5 nitrogen and oxygen atoms in total. The van der Waals surface area contributed by atoms with Crippen LogP contribution >= 0.6 is 15.9 Å². The summed E-state index contributed by atoms with van der Waals surface area (Å²) in [6.45, 7) is 3.34. The van der Waals surface area contributed by atoms with E-state index in [-0.39, 0.29) is 12.1 Å². The standard InChI is InChI=1S/C16H21BrN2O3/c1-10-2-4-11(5-3-10)18-16(20)19-13-9-15-14(8-12(13)17)21-6-7-22-15/h8-11H,2-7H2,1H3,(H2,18,19,20). The summed E-state index contributed by atoms with van der Waals surface area (Å²) >= 11 is 3.46. The van der Waals surface area contributed by atoms with E-state index < -0.39 is 0 Å². The lowest BCUT2D eigenvalue weighted by Crippen LogP contribution is -2.40. The van der Waals surface area contributed by atoms with Crippen LogP contribution in [0.25, 0.3) is 0 Å². The van der Waals surface area contributed by atoms with Gasteiger partial charge in [-0.25, -0.2) is 4.79 Å². The molecule has 1 saturated carbocycles. The molecule has 0 bridgehead atoms. The summed E-state index contributed by atoms with van der Waals surface area (Å²) in [5.74, 6) is 2.13. The zero-order valence-corrected chi connectivity index (χ0v) is 14.2. The molecule has 2 N–H and O–H groups in total. The molecule has 0 radical (unpaired) electrons. The average Bonchev–Trinajstić information content (AvgIpc) is 2.50. The van der Waals surface area contributed by atoms with Crippen molar-refractivity contribution >= 4 is 27.6 Å². The van der Waals surface area contributed by atoms with Gasteiger partial charge in [0, 0.05) is 22.6 Å². The van der Waals surface area contributed by atoms with Gasteiger partial charge in [0.05, 0.1) is 5.69 Å². The van der Waals surface area contributed by atoms with Crippen molar-refractivity contribution in [3.8, 4) is 11.5 Å². The van der Waals surface area contributed by atoms with Crippen molar-refractivity contribution in [2.45, 2.75) is 38.6 Å². The molecular weight excluding hydrogens is 348 g/mol. The van der Waals surface area contributed by atoms with E-state index in [9.17, 15) is 4.79 Å². The van der Waals surface area contributed by atoms with Crippen molar-refractivity contribution in [2.24, 2.45) is 5.92 Å². The van der Waals surface area contributed by atoms with E-state index in [4.69, 9.17) is 9.47 Å². The third-order valence-electron chi connectivity index (χ3n) is 4.23. The Labute approximate surface area is 138 Å². The number of carbonyl (C=O) groups is 1. The number of rotatable bonds is 2. The van der Waals surface area contributed by atoms with Gasteiger partial charge >= 0.3 is 6.03 Å². The number of hydrogen-bond donors (Lipinski definition) is 2. The molecule has 1 aliphatic carbocycles. The van der Waals surface area contributed by atoms with Crippen LogP contribution in [0.5, 0.6) is 11.5 Å². The Hall–Kier alpha value is -1.43. The summed E-state index contributed by atoms with van der Waals surface area (Å²) in [7, 11) is 0. The normalized spacial score (nSPS) is 23.7. The molecule has 120 valence electrons. The third-order valence-corrected chi connectivity index (χ3v) is 4.89. The summed E-state index contributed by atoms with van der Waals surface area (Å²) in [4.78, 5) is 12.2. The van der Waals surface area contributed by atoms with Gasteiger partial charge in [0.1, 0.15) is 13.2 Å². The number of carbonyl (C=O) groups excluding carboxylic acids is 1. The number of urea groups is 1. The molecule has 22 heavy (non-hydrogen) atoms. The van der Waals surface area contributed by atoms with Gasteiger partial charge in [0.25, 0.3) is 0 Å². The summed E-state index contributed by atoms with van der Waals surface area (Å²) in [5, 5.41) is 5.94. The topological polar surface area (TPSA) is 59.6 Å². The highest BCUT2D eigenvalue weighted by atomic mass is 79.9. The highest BCUT2D eigenvalue weighted by Gasteiger charge is 2.21. The maximum atomic E-state index is 12.2. The van der Waals surface area contributed by atoms with Gasteiger partial charge in [-0.2, -0.15) is 0 Å². The smallest absolute Gasteiger partial charge is 0.319 e. The molecular formula is C16H21BrN2O3. The monoisotopic (exact) mass is 368 g/mol. The zero-order chi connectivity index (χ0) is 15.5. The van der Waals surface area contributed by atoms with Gasteiger partial charge in [-0.05, 0) is 47.5 Å². The molecule has 2 aliphatic rings. The maximum absolute atomic E-state index is 12.2. The highest BCUT2D eigenvalue weighted by Crippen LogP contribution is 2.38. The van der Waals surface area contributed by atoms with E-state index >= 15 is 0 Å². The van der Waals surface area contributed by atoms with E-state index in [1.807, 2.05) is 6.07 Å². The predicted molar refractivity (Wildman–Crippen MR) is 88.7 cm³/mol. The molecule has 1 aliphatic heterocycles. The summed E-state index contributed by atoms with van der Waals surface area (Å²) < 4.78 is 11.8. The Kier molecular flexibility index (Phi) is 4.76. The van der Waals surface area contributed by atoms with Crippen molar-refractivity contribution in [3.05, 3.63) is 16.6 Å². The van der Waals surface area contributed by atoms with Gasteiger partial charge < -0.3 is 20.1 Å². The second kappa shape index (κ2) is 6.77. The van der Waals surface area contributed by atoms with E-state index in [1.54, 1.807) is 6.07 Å². The minimum Gasteiger partial charge on any atom is -0.486 e. The van der Waals surface area contributed by atoms with Gasteiger partial charge in [-0.1, -0.05) is 6.92 Å². The molecule has 0 saturated heterocycles. The van der Waals surface area contributed by atoms with Gasteiger partial charge in [-0.3, -0.25) is 0 Å². The first-order valence-corrected chi connectivity index (χ1v) is 8.58. The quantitative estimate of drug-likeness (QED) is 0.831. The predicted octanol–water partition coefficient (Wildman–Crippen LogP) is 3.92. The van der Waals surface area contributed by atoms with Gasteiger partial charge in [0.2, 0.25) is 0 Å². The van der Waals surface area contributed by atoms with Crippen LogP contribution < -0.4 is 20.1 Å². The van der Waals surface area contributed by atoms with Gasteiger partial charge in [0.15, 0.2) is 11.5 Å². The summed E-state index contributed by atoms with van der Waals surface area (Å²) in [6, 6.07) is 3.72. The molecule has 3 rings (SSSR count). The van der Waals surface area contributed by atoms with Crippen LogP contribution in [-0.4, -0.2) is 25.3 Å². The van der Waals surface area contributed by atoms with Gasteiger partial charge in [-0.15, -0.1) is 0 Å². The van der Waals surface area contributed by atoms with Crippen molar-refractivity contribution in [3.63, 3.8) is 0 Å². The van der Waals surface area contributed by atoms with Crippen LogP contribution in [0.1, 0.15) is 32.6 Å². The molecule has 0 unspecified atom stereocenters. The first-order chi connectivity index (χ1) is 10.6. The number of ether oxygens (including phenoxy) is 2. The van der Waals surface area contributed by atoms with Crippen molar-refractivity contribution in [2.75, 3.05) is 18.5 Å². The molecule has 0 atom stereocenters. The first-order valence-electron chi connectivity index (χ1n) is 7.78. The fourth-order valence-electron chi connectivity index (χ4n) is 2.91. The molecule has 1 fully saturated rings. The van der Waals surface area contributed by atoms with Crippen molar-refractivity contribution < 1.29 is 14.3 Å². The Morgan fingerprint density at radius 1 is 1.14 bits per heavy atom. The zero-order valence-electron chi connectivity index (χ0n) is 12.7. The molecule has 1 aromatic carbocycles. The number of anilines is 1. The lowest BCUT2D eigenvalue weighted by atomic mass is 9.87. The molecule has 6 heteroatoms. The second-order valence-electron chi connectivity index (χ2n) is 6.03. The van der Waals surface area contributed by atoms with Crippen LogP contribution in [0.2, 0.25) is 0 Å². The van der Waals surface area contributed by atoms with E-state index in [1.165, 1.54) is 12.8 Å².